The van der Waals surface area contributed by atoms with E-state index in [9.17, 15) is 10.1 Å². The van der Waals surface area contributed by atoms with Gasteiger partial charge in [-0.3, -0.25) is 0 Å². The molecule has 0 bridgehead atoms. The van der Waals surface area contributed by atoms with Crippen LogP contribution in [0.5, 0.6) is 0 Å². The predicted molar refractivity (Wildman–Crippen MR) is 104 cm³/mol. The lowest BCUT2D eigenvalue weighted by molar-refractivity contribution is 0.0593. The lowest BCUT2D eigenvalue weighted by Gasteiger charge is -2.10. The molecule has 4 aromatic rings. The van der Waals surface area contributed by atoms with Crippen LogP contribution in [0.2, 0.25) is 0 Å². The molecule has 0 unspecified atom stereocenters. The third-order valence-electron chi connectivity index (χ3n) is 4.51. The smallest absolute Gasteiger partial charge is 0.357 e. The van der Waals surface area contributed by atoms with Crippen molar-refractivity contribution in [2.45, 2.75) is 0 Å². The van der Waals surface area contributed by atoms with Crippen molar-refractivity contribution in [3.63, 3.8) is 0 Å². The van der Waals surface area contributed by atoms with Crippen molar-refractivity contribution in [3.8, 4) is 23.0 Å². The van der Waals surface area contributed by atoms with Gasteiger partial charge in [0.2, 0.25) is 0 Å². The van der Waals surface area contributed by atoms with Crippen LogP contribution in [0.3, 0.4) is 0 Å². The number of nitrogens with two attached hydrogens (primary N) is 1. The standard InChI is InChI=1S/C21H16N4O2/c1-27-21(26)20-19(23)15(11-22)12-25(20)16-7-4-6-13(9-16)18-10-14-5-2-3-8-17(14)24-18/h2-10,12,24H,23H2,1H3. The van der Waals surface area contributed by atoms with Crippen LogP contribution < -0.4 is 5.73 Å². The molecule has 0 saturated carbocycles. The summed E-state index contributed by atoms with van der Waals surface area (Å²) < 4.78 is 6.43. The van der Waals surface area contributed by atoms with Gasteiger partial charge in [-0.25, -0.2) is 4.79 Å². The van der Waals surface area contributed by atoms with Gasteiger partial charge in [-0.15, -0.1) is 0 Å². The van der Waals surface area contributed by atoms with E-state index >= 15 is 0 Å². The Hall–Kier alpha value is -3.98. The predicted octanol–water partition coefficient (Wildman–Crippen LogP) is 3.87. The van der Waals surface area contributed by atoms with Crippen LogP contribution in [0, 0.1) is 11.3 Å². The van der Waals surface area contributed by atoms with Gasteiger partial charge >= 0.3 is 5.97 Å². The number of nitrogens with one attached hydrogen (secondary N) is 1. The molecule has 0 aliphatic rings. The number of anilines is 1. The van der Waals surface area contributed by atoms with Crippen LogP contribution in [0.15, 0.2) is 60.8 Å². The van der Waals surface area contributed by atoms with Crippen molar-refractivity contribution < 1.29 is 9.53 Å². The number of hydrogen-bond acceptors (Lipinski definition) is 4. The van der Waals surface area contributed by atoms with E-state index in [1.54, 1.807) is 10.8 Å². The quantitative estimate of drug-likeness (QED) is 0.545. The largest absolute Gasteiger partial charge is 0.464 e. The first-order valence-electron chi connectivity index (χ1n) is 8.30. The Kier molecular flexibility index (Phi) is 3.90. The number of aromatic amines is 1. The number of aromatic nitrogens is 2. The lowest BCUT2D eigenvalue weighted by Crippen LogP contribution is -2.11. The maximum atomic E-state index is 12.2. The summed E-state index contributed by atoms with van der Waals surface area (Å²) in [4.78, 5) is 15.6. The van der Waals surface area contributed by atoms with Crippen molar-refractivity contribution in [1.29, 1.82) is 5.26 Å². The normalized spacial score (nSPS) is 10.7. The first kappa shape index (κ1) is 16.5. The van der Waals surface area contributed by atoms with Crippen molar-refractivity contribution in [1.82, 2.24) is 9.55 Å². The van der Waals surface area contributed by atoms with E-state index in [0.717, 1.165) is 22.2 Å². The number of nitrogens with zero attached hydrogens (tertiary/aromatic N) is 2. The molecule has 0 fully saturated rings. The van der Waals surface area contributed by atoms with Gasteiger partial charge in [0.05, 0.1) is 18.4 Å². The van der Waals surface area contributed by atoms with Crippen molar-refractivity contribution in [3.05, 3.63) is 72.1 Å². The van der Waals surface area contributed by atoms with Crippen molar-refractivity contribution >= 4 is 22.6 Å². The summed E-state index contributed by atoms with van der Waals surface area (Å²) in [6.07, 6.45) is 1.55. The molecule has 27 heavy (non-hydrogen) atoms. The third kappa shape index (κ3) is 2.71. The fraction of sp³-hybridized carbons (Fsp3) is 0.0476. The van der Waals surface area contributed by atoms with Gasteiger partial charge < -0.3 is 20.0 Å². The van der Waals surface area contributed by atoms with Gasteiger partial charge in [0.15, 0.2) is 5.69 Å². The number of carbonyl (C=O) groups excluding carboxylic acids is 1. The molecule has 4 rings (SSSR count). The van der Waals surface area contributed by atoms with E-state index in [0.29, 0.717) is 5.69 Å². The Balaban J connectivity index is 1.86. The molecule has 6 heteroatoms. The van der Waals surface area contributed by atoms with E-state index < -0.39 is 5.97 Å². The molecule has 0 saturated heterocycles. The molecule has 132 valence electrons. The van der Waals surface area contributed by atoms with Crippen LogP contribution in [0.1, 0.15) is 16.1 Å². The topological polar surface area (TPSA) is 96.8 Å². The number of carbonyl (C=O) groups is 1. The van der Waals surface area contributed by atoms with Crippen LogP contribution in [-0.4, -0.2) is 22.6 Å². The summed E-state index contributed by atoms with van der Waals surface area (Å²) in [6.45, 7) is 0. The molecule has 3 N–H and O–H groups in total. The molecule has 2 heterocycles. The van der Waals surface area contributed by atoms with E-state index in [-0.39, 0.29) is 16.9 Å². The van der Waals surface area contributed by atoms with Crippen LogP contribution in [0.25, 0.3) is 27.8 Å². The van der Waals surface area contributed by atoms with E-state index in [4.69, 9.17) is 10.5 Å². The molecule has 6 nitrogen and oxygen atoms in total. The molecular weight excluding hydrogens is 340 g/mol. The number of methoxy groups -OCH3 is 1. The number of nitrogen functional groups attached to an aromatic ring is 1. The van der Waals surface area contributed by atoms with Crippen molar-refractivity contribution in [2.24, 2.45) is 0 Å². The van der Waals surface area contributed by atoms with Gasteiger partial charge in [0, 0.05) is 34.0 Å². The second-order valence-corrected chi connectivity index (χ2v) is 6.10. The van der Waals surface area contributed by atoms with E-state index in [2.05, 4.69) is 11.1 Å². The minimum Gasteiger partial charge on any atom is -0.464 e. The molecular formula is C21H16N4O2. The van der Waals surface area contributed by atoms with Crippen LogP contribution in [-0.2, 0) is 4.74 Å². The molecule has 0 atom stereocenters. The summed E-state index contributed by atoms with van der Waals surface area (Å²) in [5, 5.41) is 10.4. The summed E-state index contributed by atoms with van der Waals surface area (Å²) in [7, 11) is 1.28. The highest BCUT2D eigenvalue weighted by atomic mass is 16.5. The highest BCUT2D eigenvalue weighted by molar-refractivity contribution is 5.96. The number of benzene rings is 2. The van der Waals surface area contributed by atoms with Crippen LogP contribution >= 0.6 is 0 Å². The second kappa shape index (κ2) is 6.39. The minimum absolute atomic E-state index is 0.111. The number of hydrogen-bond donors (Lipinski definition) is 2. The first-order valence-corrected chi connectivity index (χ1v) is 8.30. The lowest BCUT2D eigenvalue weighted by atomic mass is 10.1. The average Bonchev–Trinajstić information content (AvgIpc) is 3.28. The number of para-hydroxylation sites is 1. The van der Waals surface area contributed by atoms with Crippen LogP contribution in [0.4, 0.5) is 5.69 Å². The van der Waals surface area contributed by atoms with Crippen molar-refractivity contribution in [2.75, 3.05) is 12.8 Å². The molecule has 0 aliphatic heterocycles. The number of esters is 1. The molecule has 0 aliphatic carbocycles. The average molecular weight is 356 g/mol. The SMILES string of the molecule is COC(=O)c1c(N)c(C#N)cn1-c1cccc(-c2cc3ccccc3[nH]2)c1. The highest BCUT2D eigenvalue weighted by Gasteiger charge is 2.21. The zero-order valence-corrected chi connectivity index (χ0v) is 14.6. The first-order chi connectivity index (χ1) is 13.1. The van der Waals surface area contributed by atoms with E-state index in [1.165, 1.54) is 7.11 Å². The third-order valence-corrected chi connectivity index (χ3v) is 4.51. The number of rotatable bonds is 3. The summed E-state index contributed by atoms with van der Waals surface area (Å²) >= 11 is 0. The maximum Gasteiger partial charge on any atom is 0.357 e. The van der Waals surface area contributed by atoms with Gasteiger partial charge in [0.25, 0.3) is 0 Å². The Morgan fingerprint density at radius 2 is 2.00 bits per heavy atom. The van der Waals surface area contributed by atoms with E-state index in [1.807, 2.05) is 54.6 Å². The number of ether oxygens (including phenoxy) is 1. The molecule has 0 amide bonds. The van der Waals surface area contributed by atoms with Gasteiger partial charge in [-0.05, 0) is 24.3 Å². The number of H-pyrrole nitrogens is 1. The summed E-state index contributed by atoms with van der Waals surface area (Å²) in [6, 6.07) is 19.7. The minimum atomic E-state index is -0.593. The van der Waals surface area contributed by atoms with Gasteiger partial charge in [-0.1, -0.05) is 30.3 Å². The Morgan fingerprint density at radius 3 is 2.74 bits per heavy atom. The fourth-order valence-corrected chi connectivity index (χ4v) is 3.17. The zero-order chi connectivity index (χ0) is 19.0. The summed E-state index contributed by atoms with van der Waals surface area (Å²) in [5.74, 6) is -0.593. The Morgan fingerprint density at radius 1 is 1.19 bits per heavy atom. The molecule has 2 aromatic carbocycles. The van der Waals surface area contributed by atoms with Gasteiger partial charge in [0.1, 0.15) is 6.07 Å². The highest BCUT2D eigenvalue weighted by Crippen LogP contribution is 2.29. The maximum absolute atomic E-state index is 12.2. The van der Waals surface area contributed by atoms with Gasteiger partial charge in [-0.2, -0.15) is 5.26 Å². The molecule has 2 aromatic heterocycles. The monoisotopic (exact) mass is 356 g/mol. The fourth-order valence-electron chi connectivity index (χ4n) is 3.17. The Bertz CT molecular complexity index is 1180. The number of fused-ring (bicyclic) bond motifs is 1. The molecule has 0 radical (unpaired) electrons. The molecule has 0 spiro atoms. The second-order valence-electron chi connectivity index (χ2n) is 6.10. The Labute approximate surface area is 155 Å². The zero-order valence-electron chi connectivity index (χ0n) is 14.6. The summed E-state index contributed by atoms with van der Waals surface area (Å²) in [5.41, 5.74) is 10.1. The number of nitriles is 1.